The van der Waals surface area contributed by atoms with Crippen molar-refractivity contribution in [2.24, 2.45) is 22.0 Å². The number of nitrogens with zero attached hydrogens (tertiary/aromatic N) is 2. The third kappa shape index (κ3) is 5.83. The molecule has 3 rings (SSSR count). The minimum absolute atomic E-state index is 0.266. The maximum atomic E-state index is 12.1. The molecule has 0 heterocycles. The van der Waals surface area contributed by atoms with Crippen LogP contribution in [0.1, 0.15) is 17.5 Å². The fourth-order valence-corrected chi connectivity index (χ4v) is 3.29. The molecule has 2 atom stereocenters. The summed E-state index contributed by atoms with van der Waals surface area (Å²) in [5.41, 5.74) is 6.67. The molecule has 0 radical (unpaired) electrons. The molecule has 0 aromatic heterocycles. The van der Waals surface area contributed by atoms with Gasteiger partial charge in [-0.2, -0.15) is 10.2 Å². The maximum Gasteiger partial charge on any atom is 0.244 e. The summed E-state index contributed by atoms with van der Waals surface area (Å²) in [4.78, 5) is 24.1. The molecule has 6 nitrogen and oxygen atoms in total. The molecule has 0 saturated heterocycles. The lowest BCUT2D eigenvalue weighted by atomic mass is 10.2. The van der Waals surface area contributed by atoms with Crippen molar-refractivity contribution in [1.82, 2.24) is 10.9 Å². The summed E-state index contributed by atoms with van der Waals surface area (Å²) in [6.07, 6.45) is 3.61. The standard InChI is InChI=1S/C19H16Br2N4O2/c20-14-5-1-3-12(7-14)10-22-24-18(26)16-9-17(16)19(27)25-23-11-13-4-2-6-15(21)8-13/h1-8,10-11,16-17H,9H2,(H,24,26)(H,25,27). The number of hydrazone groups is 2. The molecule has 2 unspecified atom stereocenters. The molecular weight excluding hydrogens is 476 g/mol. The van der Waals surface area contributed by atoms with E-state index in [1.165, 1.54) is 0 Å². The average Bonchev–Trinajstić information content (AvgIpc) is 3.43. The van der Waals surface area contributed by atoms with Gasteiger partial charge in [0.15, 0.2) is 0 Å². The van der Waals surface area contributed by atoms with Crippen LogP contribution >= 0.6 is 31.9 Å². The van der Waals surface area contributed by atoms with Gasteiger partial charge in [-0.3, -0.25) is 9.59 Å². The fourth-order valence-electron chi connectivity index (χ4n) is 2.46. The highest BCUT2D eigenvalue weighted by molar-refractivity contribution is 9.10. The van der Waals surface area contributed by atoms with Crippen molar-refractivity contribution in [1.29, 1.82) is 0 Å². The van der Waals surface area contributed by atoms with E-state index >= 15 is 0 Å². The van der Waals surface area contributed by atoms with E-state index in [0.717, 1.165) is 20.1 Å². The highest BCUT2D eigenvalue weighted by Gasteiger charge is 2.48. The molecule has 1 fully saturated rings. The van der Waals surface area contributed by atoms with E-state index in [4.69, 9.17) is 0 Å². The Hall–Kier alpha value is -2.32. The van der Waals surface area contributed by atoms with Crippen LogP contribution in [-0.4, -0.2) is 24.2 Å². The van der Waals surface area contributed by atoms with Gasteiger partial charge in [0.25, 0.3) is 0 Å². The third-order valence-corrected chi connectivity index (χ3v) is 4.92. The molecule has 0 bridgehead atoms. The van der Waals surface area contributed by atoms with Gasteiger partial charge in [-0.15, -0.1) is 0 Å². The number of hydrogen-bond acceptors (Lipinski definition) is 4. The first kappa shape index (κ1) is 19.4. The average molecular weight is 492 g/mol. The second kappa shape index (κ2) is 9.05. The largest absolute Gasteiger partial charge is 0.273 e. The van der Waals surface area contributed by atoms with Gasteiger partial charge >= 0.3 is 0 Å². The van der Waals surface area contributed by atoms with Crippen molar-refractivity contribution < 1.29 is 9.59 Å². The number of carbonyl (C=O) groups is 2. The number of nitrogens with one attached hydrogen (secondary N) is 2. The minimum Gasteiger partial charge on any atom is -0.273 e. The zero-order chi connectivity index (χ0) is 19.2. The fraction of sp³-hybridized carbons (Fsp3) is 0.158. The van der Waals surface area contributed by atoms with Gasteiger partial charge < -0.3 is 0 Å². The Morgan fingerprint density at radius 1 is 0.852 bits per heavy atom. The summed E-state index contributed by atoms with van der Waals surface area (Å²) in [6.45, 7) is 0. The quantitative estimate of drug-likeness (QED) is 0.479. The first-order chi connectivity index (χ1) is 13.0. The molecule has 2 N–H and O–H groups in total. The monoisotopic (exact) mass is 490 g/mol. The number of benzene rings is 2. The smallest absolute Gasteiger partial charge is 0.244 e. The lowest BCUT2D eigenvalue weighted by Gasteiger charge is -2.00. The summed E-state index contributed by atoms with van der Waals surface area (Å²) < 4.78 is 1.86. The Morgan fingerprint density at radius 2 is 1.30 bits per heavy atom. The Labute approximate surface area is 173 Å². The van der Waals surface area contributed by atoms with Gasteiger partial charge in [0, 0.05) is 8.95 Å². The van der Waals surface area contributed by atoms with Crippen LogP contribution in [0.5, 0.6) is 0 Å². The summed E-state index contributed by atoms with van der Waals surface area (Å²) in [5.74, 6) is -1.27. The first-order valence-electron chi connectivity index (χ1n) is 8.20. The van der Waals surface area contributed by atoms with E-state index in [0.29, 0.717) is 6.42 Å². The van der Waals surface area contributed by atoms with Gasteiger partial charge in [-0.1, -0.05) is 56.1 Å². The Morgan fingerprint density at radius 3 is 1.70 bits per heavy atom. The lowest BCUT2D eigenvalue weighted by molar-refractivity contribution is -0.127. The minimum atomic E-state index is -0.370. The van der Waals surface area contributed by atoms with Gasteiger partial charge in [0.1, 0.15) is 0 Å². The van der Waals surface area contributed by atoms with Crippen LogP contribution in [0, 0.1) is 11.8 Å². The highest BCUT2D eigenvalue weighted by atomic mass is 79.9. The van der Waals surface area contributed by atoms with E-state index < -0.39 is 0 Å². The summed E-state index contributed by atoms with van der Waals surface area (Å²) in [6, 6.07) is 15.1. The number of amides is 2. The summed E-state index contributed by atoms with van der Waals surface area (Å²) in [7, 11) is 0. The Bertz CT molecular complexity index is 841. The normalized spacial score (nSPS) is 18.6. The topological polar surface area (TPSA) is 82.9 Å². The van der Waals surface area contributed by atoms with Crippen molar-refractivity contribution in [3.63, 3.8) is 0 Å². The van der Waals surface area contributed by atoms with Crippen molar-refractivity contribution in [3.05, 3.63) is 68.6 Å². The summed E-state index contributed by atoms with van der Waals surface area (Å²) in [5, 5.41) is 7.87. The molecule has 0 spiro atoms. The lowest BCUT2D eigenvalue weighted by Crippen LogP contribution is -2.25. The number of hydrogen-bond donors (Lipinski definition) is 2. The number of carbonyl (C=O) groups excluding carboxylic acids is 2. The molecule has 2 aromatic rings. The number of halogens is 2. The van der Waals surface area contributed by atoms with Gasteiger partial charge in [-0.05, 0) is 41.8 Å². The van der Waals surface area contributed by atoms with Gasteiger partial charge in [-0.25, -0.2) is 10.9 Å². The molecule has 138 valence electrons. The van der Waals surface area contributed by atoms with Gasteiger partial charge in [0.05, 0.1) is 24.3 Å². The highest BCUT2D eigenvalue weighted by Crippen LogP contribution is 2.38. The predicted molar refractivity (Wildman–Crippen MR) is 111 cm³/mol. The SMILES string of the molecule is O=C(NN=Cc1cccc(Br)c1)C1CC1C(=O)NN=Cc1cccc(Br)c1. The van der Waals surface area contributed by atoms with E-state index in [1.807, 2.05) is 48.5 Å². The molecule has 8 heteroatoms. The van der Waals surface area contributed by atoms with E-state index in [1.54, 1.807) is 12.4 Å². The molecule has 1 aliphatic carbocycles. The first-order valence-corrected chi connectivity index (χ1v) is 9.78. The van der Waals surface area contributed by atoms with Crippen LogP contribution < -0.4 is 10.9 Å². The predicted octanol–water partition coefficient (Wildman–Crippen LogP) is 3.45. The second-order valence-corrected chi connectivity index (χ2v) is 7.86. The van der Waals surface area contributed by atoms with Crippen molar-refractivity contribution in [2.45, 2.75) is 6.42 Å². The molecule has 2 amide bonds. The third-order valence-electron chi connectivity index (χ3n) is 3.94. The van der Waals surface area contributed by atoms with Crippen LogP contribution in [0.4, 0.5) is 0 Å². The molecule has 0 aliphatic heterocycles. The van der Waals surface area contributed by atoms with Crippen molar-refractivity contribution >= 4 is 56.1 Å². The zero-order valence-corrected chi connectivity index (χ0v) is 17.3. The molecule has 27 heavy (non-hydrogen) atoms. The van der Waals surface area contributed by atoms with Gasteiger partial charge in [0.2, 0.25) is 11.8 Å². The zero-order valence-electron chi connectivity index (χ0n) is 14.1. The van der Waals surface area contributed by atoms with Crippen LogP contribution in [-0.2, 0) is 9.59 Å². The van der Waals surface area contributed by atoms with Crippen LogP contribution in [0.3, 0.4) is 0 Å². The van der Waals surface area contributed by atoms with Crippen LogP contribution in [0.25, 0.3) is 0 Å². The molecule has 2 aromatic carbocycles. The van der Waals surface area contributed by atoms with Crippen molar-refractivity contribution in [3.8, 4) is 0 Å². The Balaban J connectivity index is 1.44. The second-order valence-electron chi connectivity index (χ2n) is 6.03. The van der Waals surface area contributed by atoms with E-state index in [2.05, 4.69) is 52.9 Å². The Kier molecular flexibility index (Phi) is 6.52. The van der Waals surface area contributed by atoms with Crippen LogP contribution in [0.2, 0.25) is 0 Å². The molecule has 1 aliphatic rings. The summed E-state index contributed by atoms with van der Waals surface area (Å²) >= 11 is 6.74. The van der Waals surface area contributed by atoms with E-state index in [-0.39, 0.29) is 23.7 Å². The van der Waals surface area contributed by atoms with E-state index in [9.17, 15) is 9.59 Å². The molecular formula is C19H16Br2N4O2. The number of rotatable bonds is 6. The van der Waals surface area contributed by atoms with Crippen LogP contribution in [0.15, 0.2) is 67.7 Å². The maximum absolute atomic E-state index is 12.1. The molecule has 1 saturated carbocycles. The van der Waals surface area contributed by atoms with Crippen molar-refractivity contribution in [2.75, 3.05) is 0 Å².